The van der Waals surface area contributed by atoms with Gasteiger partial charge in [-0.1, -0.05) is 0 Å². The molecule has 0 amide bonds. The fraction of sp³-hybridized carbons (Fsp3) is 0.800. The second-order valence-corrected chi connectivity index (χ2v) is 3.14. The van der Waals surface area contributed by atoms with Gasteiger partial charge < -0.3 is 14.8 Å². The summed E-state index contributed by atoms with van der Waals surface area (Å²) in [7, 11) is 0. The Balaban J connectivity index is 2.99. The molecule has 0 saturated heterocycles. The van der Waals surface area contributed by atoms with Crippen molar-refractivity contribution in [2.45, 2.75) is 26.7 Å². The van der Waals surface area contributed by atoms with Gasteiger partial charge in [0.25, 0.3) is 0 Å². The lowest BCUT2D eigenvalue weighted by atomic mass is 10.4. The summed E-state index contributed by atoms with van der Waals surface area (Å²) in [5, 5.41) is 3.15. The number of esters is 2. The van der Waals surface area contributed by atoms with Crippen LogP contribution in [-0.4, -0.2) is 38.2 Å². The molecule has 0 aromatic heterocycles. The standard InChI is InChI=1S/C10H19NO4/c1-9(12)14-7-3-5-11-6-4-8-15-10(2)13/h11H,3-8H2,1-2H3. The maximum atomic E-state index is 10.4. The Morgan fingerprint density at radius 1 is 0.933 bits per heavy atom. The summed E-state index contributed by atoms with van der Waals surface area (Å²) in [6.07, 6.45) is 1.60. The van der Waals surface area contributed by atoms with Crippen molar-refractivity contribution in [2.24, 2.45) is 0 Å². The summed E-state index contributed by atoms with van der Waals surface area (Å²) in [4.78, 5) is 20.8. The van der Waals surface area contributed by atoms with Gasteiger partial charge in [0, 0.05) is 13.8 Å². The molecule has 0 bridgehead atoms. The first kappa shape index (κ1) is 13.9. The first-order valence-corrected chi connectivity index (χ1v) is 5.10. The van der Waals surface area contributed by atoms with Gasteiger partial charge in [0.15, 0.2) is 0 Å². The van der Waals surface area contributed by atoms with Crippen molar-refractivity contribution in [3.05, 3.63) is 0 Å². The Morgan fingerprint density at radius 2 is 1.33 bits per heavy atom. The first-order valence-electron chi connectivity index (χ1n) is 5.10. The first-order chi connectivity index (χ1) is 7.13. The summed E-state index contributed by atoms with van der Waals surface area (Å²) < 4.78 is 9.51. The summed E-state index contributed by atoms with van der Waals surface area (Å²) in [5.41, 5.74) is 0. The molecule has 0 aromatic carbocycles. The van der Waals surface area contributed by atoms with Gasteiger partial charge in [-0.15, -0.1) is 0 Å². The molecule has 0 aliphatic heterocycles. The van der Waals surface area contributed by atoms with Crippen molar-refractivity contribution in [2.75, 3.05) is 26.3 Å². The van der Waals surface area contributed by atoms with Gasteiger partial charge in [0.05, 0.1) is 13.2 Å². The zero-order chi connectivity index (χ0) is 11.5. The van der Waals surface area contributed by atoms with Crippen molar-refractivity contribution < 1.29 is 19.1 Å². The predicted octanol–water partition coefficient (Wildman–Crippen LogP) is 0.482. The van der Waals surface area contributed by atoms with Crippen LogP contribution in [0.4, 0.5) is 0 Å². The van der Waals surface area contributed by atoms with E-state index >= 15 is 0 Å². The normalized spacial score (nSPS) is 9.73. The highest BCUT2D eigenvalue weighted by Crippen LogP contribution is 1.84. The molecule has 0 unspecified atom stereocenters. The van der Waals surface area contributed by atoms with Gasteiger partial charge in [-0.3, -0.25) is 9.59 Å². The molecule has 5 nitrogen and oxygen atoms in total. The zero-order valence-electron chi connectivity index (χ0n) is 9.38. The van der Waals surface area contributed by atoms with Crippen LogP contribution >= 0.6 is 0 Å². The van der Waals surface area contributed by atoms with Gasteiger partial charge in [-0.05, 0) is 25.9 Å². The van der Waals surface area contributed by atoms with Crippen LogP contribution in [0.5, 0.6) is 0 Å². The van der Waals surface area contributed by atoms with Crippen molar-refractivity contribution in [1.29, 1.82) is 0 Å². The monoisotopic (exact) mass is 217 g/mol. The maximum absolute atomic E-state index is 10.4. The van der Waals surface area contributed by atoms with Gasteiger partial charge >= 0.3 is 11.9 Å². The van der Waals surface area contributed by atoms with E-state index in [0.29, 0.717) is 13.2 Å². The highest BCUT2D eigenvalue weighted by molar-refractivity contribution is 5.66. The minimum Gasteiger partial charge on any atom is -0.466 e. The van der Waals surface area contributed by atoms with Gasteiger partial charge in [0.2, 0.25) is 0 Å². The summed E-state index contributed by atoms with van der Waals surface area (Å²) >= 11 is 0. The molecule has 0 rings (SSSR count). The van der Waals surface area contributed by atoms with Crippen LogP contribution in [0.1, 0.15) is 26.7 Å². The van der Waals surface area contributed by atoms with E-state index in [0.717, 1.165) is 25.9 Å². The highest BCUT2D eigenvalue weighted by atomic mass is 16.5. The quantitative estimate of drug-likeness (QED) is 0.473. The zero-order valence-corrected chi connectivity index (χ0v) is 9.38. The lowest BCUT2D eigenvalue weighted by molar-refractivity contribution is -0.141. The van der Waals surface area contributed by atoms with Crippen LogP contribution in [0.3, 0.4) is 0 Å². The molecule has 1 N–H and O–H groups in total. The van der Waals surface area contributed by atoms with E-state index in [1.54, 1.807) is 0 Å². The third kappa shape index (κ3) is 12.9. The van der Waals surface area contributed by atoms with Gasteiger partial charge in [-0.2, -0.15) is 0 Å². The van der Waals surface area contributed by atoms with Crippen LogP contribution in [-0.2, 0) is 19.1 Å². The third-order valence-corrected chi connectivity index (χ3v) is 1.61. The van der Waals surface area contributed by atoms with Gasteiger partial charge in [-0.25, -0.2) is 0 Å². The van der Waals surface area contributed by atoms with E-state index in [1.165, 1.54) is 13.8 Å². The summed E-state index contributed by atoms with van der Waals surface area (Å²) in [6.45, 7) is 5.29. The van der Waals surface area contributed by atoms with Crippen LogP contribution in [0.2, 0.25) is 0 Å². The number of hydrogen-bond donors (Lipinski definition) is 1. The topological polar surface area (TPSA) is 64.6 Å². The number of carbonyl (C=O) groups excluding carboxylic acids is 2. The van der Waals surface area contributed by atoms with Crippen LogP contribution in [0, 0.1) is 0 Å². The third-order valence-electron chi connectivity index (χ3n) is 1.61. The molecule has 0 spiro atoms. The molecule has 5 heteroatoms. The Hall–Kier alpha value is -1.10. The highest BCUT2D eigenvalue weighted by Gasteiger charge is 1.94. The minimum atomic E-state index is -0.246. The summed E-state index contributed by atoms with van der Waals surface area (Å²) in [6, 6.07) is 0. The molecular formula is C10H19NO4. The molecule has 0 atom stereocenters. The predicted molar refractivity (Wildman–Crippen MR) is 55.4 cm³/mol. The molecule has 0 aromatic rings. The van der Waals surface area contributed by atoms with E-state index in [4.69, 9.17) is 9.47 Å². The number of ether oxygens (including phenoxy) is 2. The van der Waals surface area contributed by atoms with Crippen molar-refractivity contribution in [3.8, 4) is 0 Å². The largest absolute Gasteiger partial charge is 0.466 e. The fourth-order valence-corrected chi connectivity index (χ4v) is 0.951. The lowest BCUT2D eigenvalue weighted by Gasteiger charge is -2.05. The van der Waals surface area contributed by atoms with Crippen LogP contribution in [0.15, 0.2) is 0 Å². The molecule has 0 heterocycles. The smallest absolute Gasteiger partial charge is 0.302 e. The average Bonchev–Trinajstić information content (AvgIpc) is 2.14. The Morgan fingerprint density at radius 3 is 1.67 bits per heavy atom. The van der Waals surface area contributed by atoms with E-state index < -0.39 is 0 Å². The van der Waals surface area contributed by atoms with Crippen molar-refractivity contribution in [1.82, 2.24) is 5.32 Å². The molecule has 0 saturated carbocycles. The van der Waals surface area contributed by atoms with E-state index in [1.807, 2.05) is 0 Å². The fourth-order valence-electron chi connectivity index (χ4n) is 0.951. The summed E-state index contributed by atoms with van der Waals surface area (Å²) in [5.74, 6) is -0.491. The average molecular weight is 217 g/mol. The minimum absolute atomic E-state index is 0.246. The van der Waals surface area contributed by atoms with Crippen LogP contribution in [0.25, 0.3) is 0 Å². The van der Waals surface area contributed by atoms with E-state index in [-0.39, 0.29) is 11.9 Å². The number of nitrogens with one attached hydrogen (secondary N) is 1. The SMILES string of the molecule is CC(=O)OCCCNCCCOC(C)=O. The van der Waals surface area contributed by atoms with E-state index in [2.05, 4.69) is 5.32 Å². The maximum Gasteiger partial charge on any atom is 0.302 e. The Bertz CT molecular complexity index is 174. The molecule has 0 fully saturated rings. The Labute approximate surface area is 90.1 Å². The van der Waals surface area contributed by atoms with Crippen molar-refractivity contribution in [3.63, 3.8) is 0 Å². The van der Waals surface area contributed by atoms with E-state index in [9.17, 15) is 9.59 Å². The molecule has 0 aliphatic rings. The molecule has 0 radical (unpaired) electrons. The number of carbonyl (C=O) groups is 2. The second-order valence-electron chi connectivity index (χ2n) is 3.14. The number of hydrogen-bond acceptors (Lipinski definition) is 5. The Kier molecular flexibility index (Phi) is 8.76. The second kappa shape index (κ2) is 9.45. The molecular weight excluding hydrogens is 198 g/mol. The molecule has 0 aliphatic carbocycles. The molecule has 88 valence electrons. The van der Waals surface area contributed by atoms with Gasteiger partial charge in [0.1, 0.15) is 0 Å². The van der Waals surface area contributed by atoms with Crippen molar-refractivity contribution >= 4 is 11.9 Å². The van der Waals surface area contributed by atoms with Crippen LogP contribution < -0.4 is 5.32 Å². The lowest BCUT2D eigenvalue weighted by Crippen LogP contribution is -2.20. The number of rotatable bonds is 8. The molecule has 15 heavy (non-hydrogen) atoms.